The largest absolute Gasteiger partial charge is 0.461 e. The van der Waals surface area contributed by atoms with Crippen LogP contribution in [-0.4, -0.2) is 27.2 Å². The van der Waals surface area contributed by atoms with Crippen molar-refractivity contribution in [1.82, 2.24) is 14.6 Å². The van der Waals surface area contributed by atoms with Crippen LogP contribution in [0.3, 0.4) is 0 Å². The van der Waals surface area contributed by atoms with Gasteiger partial charge in [-0.05, 0) is 31.5 Å². The average Bonchev–Trinajstić information content (AvgIpc) is 2.29. The van der Waals surface area contributed by atoms with Gasteiger partial charge in [0.15, 0.2) is 5.65 Å². The van der Waals surface area contributed by atoms with Crippen molar-refractivity contribution in [2.75, 3.05) is 6.61 Å². The summed E-state index contributed by atoms with van der Waals surface area (Å²) in [6.45, 7) is 3.73. The number of carbonyl (C=O) groups excluding carboxylic acids is 1. The van der Waals surface area contributed by atoms with Gasteiger partial charge in [-0.25, -0.2) is 4.79 Å². The van der Waals surface area contributed by atoms with E-state index in [0.29, 0.717) is 5.65 Å². The summed E-state index contributed by atoms with van der Waals surface area (Å²) in [4.78, 5) is 23.4. The molecule has 0 saturated heterocycles. The van der Waals surface area contributed by atoms with Gasteiger partial charge in [-0.2, -0.15) is 0 Å². The minimum Gasteiger partial charge on any atom is -0.461 e. The molecule has 2 aromatic rings. The SMILES string of the molecule is CCOC(=O)c1nnc2cc(C)ccn2c1=O. The van der Waals surface area contributed by atoms with Gasteiger partial charge in [0.25, 0.3) is 5.56 Å². The van der Waals surface area contributed by atoms with Crippen molar-refractivity contribution in [2.24, 2.45) is 0 Å². The van der Waals surface area contributed by atoms with E-state index in [-0.39, 0.29) is 12.3 Å². The maximum atomic E-state index is 11.9. The number of carbonyl (C=O) groups is 1. The number of ether oxygens (including phenoxy) is 1. The van der Waals surface area contributed by atoms with Gasteiger partial charge in [0.05, 0.1) is 6.61 Å². The van der Waals surface area contributed by atoms with Crippen molar-refractivity contribution >= 4 is 11.6 Å². The van der Waals surface area contributed by atoms with Crippen molar-refractivity contribution in [3.05, 3.63) is 39.9 Å². The molecule has 0 amide bonds. The molecule has 6 heteroatoms. The number of rotatable bonds is 2. The van der Waals surface area contributed by atoms with Crippen LogP contribution in [0.2, 0.25) is 0 Å². The minimum absolute atomic E-state index is 0.191. The second-order valence-electron chi connectivity index (χ2n) is 3.51. The monoisotopic (exact) mass is 233 g/mol. The van der Waals surface area contributed by atoms with Crippen LogP contribution in [-0.2, 0) is 4.74 Å². The molecule has 2 heterocycles. The molecule has 6 nitrogen and oxygen atoms in total. The molecule has 0 saturated carbocycles. The van der Waals surface area contributed by atoms with E-state index in [9.17, 15) is 9.59 Å². The normalized spacial score (nSPS) is 10.5. The maximum Gasteiger partial charge on any atom is 0.364 e. The number of aromatic nitrogens is 3. The number of pyridine rings is 1. The van der Waals surface area contributed by atoms with Crippen LogP contribution in [0.15, 0.2) is 23.1 Å². The molecule has 88 valence electrons. The Kier molecular flexibility index (Phi) is 2.86. The first-order valence-corrected chi connectivity index (χ1v) is 5.16. The third kappa shape index (κ3) is 2.01. The van der Waals surface area contributed by atoms with Crippen LogP contribution in [0.1, 0.15) is 23.0 Å². The Morgan fingerprint density at radius 2 is 2.24 bits per heavy atom. The van der Waals surface area contributed by atoms with Crippen LogP contribution < -0.4 is 5.56 Å². The molecule has 2 rings (SSSR count). The third-order valence-electron chi connectivity index (χ3n) is 2.23. The van der Waals surface area contributed by atoms with Crippen molar-refractivity contribution in [1.29, 1.82) is 0 Å². The quantitative estimate of drug-likeness (QED) is 0.709. The summed E-state index contributed by atoms with van der Waals surface area (Å²) in [5.41, 5.74) is 0.548. The number of fused-ring (bicyclic) bond motifs is 1. The molecule has 0 bridgehead atoms. The summed E-state index contributed by atoms with van der Waals surface area (Å²) in [5, 5.41) is 7.43. The van der Waals surface area contributed by atoms with Crippen molar-refractivity contribution < 1.29 is 9.53 Å². The minimum atomic E-state index is -0.750. The predicted molar refractivity (Wildman–Crippen MR) is 60.0 cm³/mol. The first kappa shape index (κ1) is 11.3. The van der Waals surface area contributed by atoms with Crippen LogP contribution in [0.25, 0.3) is 5.65 Å². The first-order chi connectivity index (χ1) is 8.13. The average molecular weight is 233 g/mol. The lowest BCUT2D eigenvalue weighted by molar-refractivity contribution is 0.0515. The summed E-state index contributed by atoms with van der Waals surface area (Å²) in [6.07, 6.45) is 1.56. The molecule has 0 aliphatic heterocycles. The van der Waals surface area contributed by atoms with Gasteiger partial charge in [-0.15, -0.1) is 10.2 Å². The Labute approximate surface area is 96.9 Å². The molecular formula is C11H11N3O3. The maximum absolute atomic E-state index is 11.9. The van der Waals surface area contributed by atoms with Gasteiger partial charge in [0.2, 0.25) is 5.69 Å². The van der Waals surface area contributed by atoms with Crippen molar-refractivity contribution in [2.45, 2.75) is 13.8 Å². The van der Waals surface area contributed by atoms with Crippen LogP contribution in [0.4, 0.5) is 0 Å². The number of hydrogen-bond acceptors (Lipinski definition) is 5. The molecule has 0 spiro atoms. The molecule has 0 N–H and O–H groups in total. The highest BCUT2D eigenvalue weighted by atomic mass is 16.5. The Hall–Kier alpha value is -2.24. The molecule has 0 radical (unpaired) electrons. The standard InChI is InChI=1S/C11H11N3O3/c1-3-17-11(16)9-10(15)14-5-4-7(2)6-8(14)12-13-9/h4-6H,3H2,1-2H3. The van der Waals surface area contributed by atoms with Gasteiger partial charge >= 0.3 is 5.97 Å². The summed E-state index contributed by atoms with van der Waals surface area (Å²) in [6, 6.07) is 3.47. The van der Waals surface area contributed by atoms with Gasteiger partial charge in [-0.1, -0.05) is 0 Å². The molecule has 0 aromatic carbocycles. The van der Waals surface area contributed by atoms with E-state index in [4.69, 9.17) is 4.74 Å². The summed E-state index contributed by atoms with van der Waals surface area (Å²) >= 11 is 0. The number of esters is 1. The highest BCUT2D eigenvalue weighted by Gasteiger charge is 2.16. The van der Waals surface area contributed by atoms with E-state index in [1.807, 2.05) is 6.92 Å². The van der Waals surface area contributed by atoms with Crippen molar-refractivity contribution in [3.8, 4) is 0 Å². The Morgan fingerprint density at radius 3 is 2.94 bits per heavy atom. The Morgan fingerprint density at radius 1 is 1.47 bits per heavy atom. The summed E-state index contributed by atoms with van der Waals surface area (Å²) in [7, 11) is 0. The molecule has 0 unspecified atom stereocenters. The molecule has 0 atom stereocenters. The van der Waals surface area contributed by atoms with Crippen LogP contribution >= 0.6 is 0 Å². The van der Waals surface area contributed by atoms with Gasteiger partial charge in [0, 0.05) is 6.20 Å². The second-order valence-corrected chi connectivity index (χ2v) is 3.51. The smallest absolute Gasteiger partial charge is 0.364 e. The van der Waals surface area contributed by atoms with Crippen LogP contribution in [0, 0.1) is 6.92 Å². The zero-order chi connectivity index (χ0) is 12.4. The molecular weight excluding hydrogens is 222 g/mol. The number of nitrogens with zero attached hydrogens (tertiary/aromatic N) is 3. The van der Waals surface area contributed by atoms with Gasteiger partial charge in [0.1, 0.15) is 0 Å². The van der Waals surface area contributed by atoms with E-state index >= 15 is 0 Å². The zero-order valence-corrected chi connectivity index (χ0v) is 9.51. The van der Waals surface area contributed by atoms with E-state index in [1.54, 1.807) is 25.3 Å². The van der Waals surface area contributed by atoms with E-state index < -0.39 is 11.5 Å². The lowest BCUT2D eigenvalue weighted by atomic mass is 10.3. The molecule has 0 fully saturated rings. The summed E-state index contributed by atoms with van der Waals surface area (Å²) in [5.74, 6) is -0.750. The van der Waals surface area contributed by atoms with Crippen LogP contribution in [0.5, 0.6) is 0 Å². The lowest BCUT2D eigenvalue weighted by Crippen LogP contribution is -2.26. The van der Waals surface area contributed by atoms with E-state index in [0.717, 1.165) is 5.56 Å². The Balaban J connectivity index is 2.62. The molecule has 17 heavy (non-hydrogen) atoms. The molecule has 0 aliphatic carbocycles. The highest BCUT2D eigenvalue weighted by Crippen LogP contribution is 2.01. The van der Waals surface area contributed by atoms with Crippen molar-refractivity contribution in [3.63, 3.8) is 0 Å². The van der Waals surface area contributed by atoms with Gasteiger partial charge in [-0.3, -0.25) is 9.20 Å². The second kappa shape index (κ2) is 4.32. The summed E-state index contributed by atoms with van der Waals surface area (Å²) < 4.78 is 6.00. The molecule has 2 aromatic heterocycles. The highest BCUT2D eigenvalue weighted by molar-refractivity contribution is 5.86. The number of hydrogen-bond donors (Lipinski definition) is 0. The fraction of sp³-hybridized carbons (Fsp3) is 0.273. The number of aryl methyl sites for hydroxylation is 1. The fourth-order valence-corrected chi connectivity index (χ4v) is 1.42. The lowest BCUT2D eigenvalue weighted by Gasteiger charge is -2.03. The fourth-order valence-electron chi connectivity index (χ4n) is 1.42. The third-order valence-corrected chi connectivity index (χ3v) is 2.23. The van der Waals surface area contributed by atoms with E-state index in [1.165, 1.54) is 4.40 Å². The Bertz CT molecular complexity index is 633. The zero-order valence-electron chi connectivity index (χ0n) is 9.51. The van der Waals surface area contributed by atoms with E-state index in [2.05, 4.69) is 10.2 Å². The molecule has 0 aliphatic rings. The topological polar surface area (TPSA) is 73.6 Å². The first-order valence-electron chi connectivity index (χ1n) is 5.16. The van der Waals surface area contributed by atoms with Gasteiger partial charge < -0.3 is 4.74 Å². The predicted octanol–water partition coefficient (Wildman–Crippen LogP) is 0.575.